The van der Waals surface area contributed by atoms with Gasteiger partial charge in [-0.25, -0.2) is 0 Å². The van der Waals surface area contributed by atoms with E-state index in [0.717, 1.165) is 26.6 Å². The molecule has 0 saturated heterocycles. The van der Waals surface area contributed by atoms with Crippen LogP contribution in [0.1, 0.15) is 5.89 Å². The van der Waals surface area contributed by atoms with Gasteiger partial charge >= 0.3 is 0 Å². The molecule has 0 unspecified atom stereocenters. The van der Waals surface area contributed by atoms with E-state index in [1.165, 1.54) is 11.8 Å². The number of aromatic nitrogens is 5. The largest absolute Gasteiger partial charge is 0.420 e. The van der Waals surface area contributed by atoms with Crippen molar-refractivity contribution in [3.63, 3.8) is 0 Å². The number of hydrogen-bond donors (Lipinski definition) is 0. The summed E-state index contributed by atoms with van der Waals surface area (Å²) in [6, 6.07) is 15.2. The minimum atomic E-state index is 0.486. The molecule has 0 aliphatic heterocycles. The van der Waals surface area contributed by atoms with Gasteiger partial charge in [0.1, 0.15) is 0 Å². The standard InChI is InChI=1S/C20H15BrClN5OS/c1-2-11-27-18(13-5-9-16(22)10-6-13)24-26-20(27)29-12-17-23-25-19(28-17)14-3-7-15(21)8-4-14/h2-10H,1,11-12H2. The van der Waals surface area contributed by atoms with Gasteiger partial charge in [0, 0.05) is 27.2 Å². The highest BCUT2D eigenvalue weighted by Gasteiger charge is 2.16. The lowest BCUT2D eigenvalue weighted by Crippen LogP contribution is -2.00. The van der Waals surface area contributed by atoms with Crippen molar-refractivity contribution in [2.24, 2.45) is 0 Å². The van der Waals surface area contributed by atoms with Crippen LogP contribution >= 0.6 is 39.3 Å². The van der Waals surface area contributed by atoms with E-state index in [4.69, 9.17) is 16.0 Å². The van der Waals surface area contributed by atoms with Gasteiger partial charge in [-0.05, 0) is 48.5 Å². The Hall–Kier alpha value is -2.42. The van der Waals surface area contributed by atoms with Gasteiger partial charge < -0.3 is 4.42 Å². The molecule has 0 radical (unpaired) electrons. The fourth-order valence-electron chi connectivity index (χ4n) is 2.65. The van der Waals surface area contributed by atoms with E-state index in [0.29, 0.717) is 29.1 Å². The van der Waals surface area contributed by atoms with E-state index in [9.17, 15) is 0 Å². The first kappa shape index (κ1) is 19.9. The van der Waals surface area contributed by atoms with E-state index in [-0.39, 0.29) is 0 Å². The average Bonchev–Trinajstić information content (AvgIpc) is 3.35. The summed E-state index contributed by atoms with van der Waals surface area (Å²) >= 11 is 10.9. The number of allylic oxidation sites excluding steroid dienone is 1. The molecule has 0 bridgehead atoms. The molecule has 0 aliphatic rings. The van der Waals surface area contributed by atoms with Crippen molar-refractivity contribution in [2.45, 2.75) is 17.5 Å². The van der Waals surface area contributed by atoms with Gasteiger partial charge in [-0.15, -0.1) is 27.0 Å². The molecular weight excluding hydrogens is 474 g/mol. The maximum atomic E-state index is 5.99. The van der Waals surface area contributed by atoms with E-state index in [2.05, 4.69) is 42.9 Å². The molecule has 29 heavy (non-hydrogen) atoms. The summed E-state index contributed by atoms with van der Waals surface area (Å²) < 4.78 is 8.77. The lowest BCUT2D eigenvalue weighted by Gasteiger charge is -2.07. The highest BCUT2D eigenvalue weighted by molar-refractivity contribution is 9.10. The first-order valence-electron chi connectivity index (χ1n) is 8.65. The van der Waals surface area contributed by atoms with Crippen LogP contribution in [-0.2, 0) is 12.3 Å². The first-order valence-corrected chi connectivity index (χ1v) is 10.8. The summed E-state index contributed by atoms with van der Waals surface area (Å²) in [5.41, 5.74) is 1.81. The molecule has 2 heterocycles. The van der Waals surface area contributed by atoms with Gasteiger partial charge in [-0.2, -0.15) is 0 Å². The molecule has 0 aliphatic carbocycles. The zero-order chi connectivity index (χ0) is 20.2. The molecule has 2 aromatic carbocycles. The number of thioether (sulfide) groups is 1. The van der Waals surface area contributed by atoms with Gasteiger partial charge in [-0.3, -0.25) is 4.57 Å². The molecule has 0 atom stereocenters. The summed E-state index contributed by atoms with van der Waals surface area (Å²) in [7, 11) is 0. The van der Waals surface area contributed by atoms with Crippen LogP contribution in [0.3, 0.4) is 0 Å². The van der Waals surface area contributed by atoms with Crippen LogP contribution in [0.25, 0.3) is 22.8 Å². The zero-order valence-electron chi connectivity index (χ0n) is 15.1. The number of benzene rings is 2. The van der Waals surface area contributed by atoms with Crippen LogP contribution < -0.4 is 0 Å². The van der Waals surface area contributed by atoms with Crippen LogP contribution in [0.4, 0.5) is 0 Å². The Morgan fingerprint density at radius 1 is 1.00 bits per heavy atom. The molecular formula is C20H15BrClN5OS. The van der Waals surface area contributed by atoms with Gasteiger partial charge in [0.15, 0.2) is 11.0 Å². The summed E-state index contributed by atoms with van der Waals surface area (Å²) in [5.74, 6) is 2.25. The molecule has 0 fully saturated rings. The fraction of sp³-hybridized carbons (Fsp3) is 0.100. The van der Waals surface area contributed by atoms with Crippen molar-refractivity contribution < 1.29 is 4.42 Å². The molecule has 146 valence electrons. The fourth-order valence-corrected chi connectivity index (χ4v) is 3.82. The third kappa shape index (κ3) is 4.60. The predicted molar refractivity (Wildman–Crippen MR) is 118 cm³/mol. The molecule has 0 saturated carbocycles. The minimum Gasteiger partial charge on any atom is -0.420 e. The second-order valence-electron chi connectivity index (χ2n) is 6.01. The van der Waals surface area contributed by atoms with Crippen LogP contribution in [0.2, 0.25) is 5.02 Å². The molecule has 4 rings (SSSR count). The SMILES string of the molecule is C=CCn1c(SCc2nnc(-c3ccc(Br)cc3)o2)nnc1-c1ccc(Cl)cc1. The number of nitrogens with zero attached hydrogens (tertiary/aromatic N) is 5. The number of halogens is 2. The third-order valence-corrected chi connectivity index (χ3v) is 5.75. The first-order chi connectivity index (χ1) is 14.1. The van der Waals surface area contributed by atoms with E-state index in [1.54, 1.807) is 0 Å². The summed E-state index contributed by atoms with van der Waals surface area (Å²) in [4.78, 5) is 0. The topological polar surface area (TPSA) is 69.6 Å². The second kappa shape index (κ2) is 8.94. The van der Waals surface area contributed by atoms with Crippen molar-refractivity contribution in [1.29, 1.82) is 0 Å². The van der Waals surface area contributed by atoms with Crippen LogP contribution in [0, 0.1) is 0 Å². The summed E-state index contributed by atoms with van der Waals surface area (Å²) in [6.45, 7) is 4.42. The maximum Gasteiger partial charge on any atom is 0.247 e. The predicted octanol–water partition coefficient (Wildman–Crippen LogP) is 5.89. The smallest absolute Gasteiger partial charge is 0.247 e. The maximum absolute atomic E-state index is 5.99. The van der Waals surface area contributed by atoms with Crippen LogP contribution in [0.5, 0.6) is 0 Å². The lowest BCUT2D eigenvalue weighted by molar-refractivity contribution is 0.528. The Morgan fingerprint density at radius 3 is 2.45 bits per heavy atom. The average molecular weight is 489 g/mol. The summed E-state index contributed by atoms with van der Waals surface area (Å²) in [5, 5.41) is 18.4. The van der Waals surface area contributed by atoms with E-state index >= 15 is 0 Å². The Labute approximate surface area is 185 Å². The molecule has 0 spiro atoms. The minimum absolute atomic E-state index is 0.486. The quantitative estimate of drug-likeness (QED) is 0.239. The van der Waals surface area contributed by atoms with Crippen molar-refractivity contribution in [3.05, 3.63) is 76.6 Å². The molecule has 0 amide bonds. The normalized spacial score (nSPS) is 11.0. The Morgan fingerprint density at radius 2 is 1.72 bits per heavy atom. The highest BCUT2D eigenvalue weighted by Crippen LogP contribution is 2.28. The molecule has 0 N–H and O–H groups in total. The van der Waals surface area contributed by atoms with Crippen LogP contribution in [0.15, 0.2) is 75.2 Å². The monoisotopic (exact) mass is 487 g/mol. The van der Waals surface area contributed by atoms with E-state index < -0.39 is 0 Å². The van der Waals surface area contributed by atoms with Crippen molar-refractivity contribution >= 4 is 39.3 Å². The molecule has 2 aromatic heterocycles. The molecule has 9 heteroatoms. The van der Waals surface area contributed by atoms with Gasteiger partial charge in [-0.1, -0.05) is 45.4 Å². The molecule has 4 aromatic rings. The van der Waals surface area contributed by atoms with Crippen molar-refractivity contribution in [1.82, 2.24) is 25.0 Å². The highest BCUT2D eigenvalue weighted by atomic mass is 79.9. The van der Waals surface area contributed by atoms with Gasteiger partial charge in [0.25, 0.3) is 0 Å². The Kier molecular flexibility index (Phi) is 6.13. The third-order valence-electron chi connectivity index (χ3n) is 4.01. The molecule has 6 nitrogen and oxygen atoms in total. The van der Waals surface area contributed by atoms with Crippen molar-refractivity contribution in [3.8, 4) is 22.8 Å². The van der Waals surface area contributed by atoms with E-state index in [1.807, 2.05) is 59.2 Å². The van der Waals surface area contributed by atoms with Gasteiger partial charge in [0.2, 0.25) is 11.8 Å². The Bertz CT molecular complexity index is 1120. The zero-order valence-corrected chi connectivity index (χ0v) is 18.3. The van der Waals surface area contributed by atoms with Gasteiger partial charge in [0.05, 0.1) is 5.75 Å². The van der Waals surface area contributed by atoms with Crippen molar-refractivity contribution in [2.75, 3.05) is 0 Å². The Balaban J connectivity index is 1.52. The number of rotatable bonds is 7. The lowest BCUT2D eigenvalue weighted by atomic mass is 10.2. The van der Waals surface area contributed by atoms with Crippen LogP contribution in [-0.4, -0.2) is 25.0 Å². The summed E-state index contributed by atoms with van der Waals surface area (Å²) in [6.07, 6.45) is 1.81. The second-order valence-corrected chi connectivity index (χ2v) is 8.30. The number of hydrogen-bond acceptors (Lipinski definition) is 6.